The van der Waals surface area contributed by atoms with Crippen LogP contribution in [0, 0.1) is 13.8 Å². The summed E-state index contributed by atoms with van der Waals surface area (Å²) < 4.78 is 7.47. The Morgan fingerprint density at radius 1 is 1.32 bits per heavy atom. The van der Waals surface area contributed by atoms with Crippen LogP contribution in [0.1, 0.15) is 41.1 Å². The van der Waals surface area contributed by atoms with Gasteiger partial charge in [0.05, 0.1) is 17.8 Å². The smallest absolute Gasteiger partial charge is 0.170 e. The van der Waals surface area contributed by atoms with Gasteiger partial charge in [0.25, 0.3) is 0 Å². The molecule has 25 heavy (non-hydrogen) atoms. The van der Waals surface area contributed by atoms with E-state index in [1.54, 1.807) is 7.11 Å². The molecule has 0 bridgehead atoms. The maximum absolute atomic E-state index is 5.67. The van der Waals surface area contributed by atoms with Gasteiger partial charge in [-0.3, -0.25) is 4.98 Å². The minimum atomic E-state index is 0.0525. The molecule has 5 nitrogen and oxygen atoms in total. The van der Waals surface area contributed by atoms with E-state index >= 15 is 0 Å². The first-order chi connectivity index (χ1) is 12.0. The zero-order chi connectivity index (χ0) is 18.0. The molecule has 0 radical (unpaired) electrons. The molecule has 1 aliphatic heterocycles. The predicted octanol–water partition coefficient (Wildman–Crippen LogP) is 3.05. The van der Waals surface area contributed by atoms with Gasteiger partial charge in [0.2, 0.25) is 0 Å². The van der Waals surface area contributed by atoms with Crippen molar-refractivity contribution in [1.82, 2.24) is 19.8 Å². The summed E-state index contributed by atoms with van der Waals surface area (Å²) in [7, 11) is 3.85. The van der Waals surface area contributed by atoms with Crippen LogP contribution in [0.4, 0.5) is 0 Å². The minimum absolute atomic E-state index is 0.0525. The van der Waals surface area contributed by atoms with Crippen LogP contribution in [0.5, 0.6) is 0 Å². The maximum atomic E-state index is 5.67. The second-order valence-electron chi connectivity index (χ2n) is 6.55. The highest BCUT2D eigenvalue weighted by atomic mass is 32.1. The Hall–Kier alpha value is -1.92. The number of thiocarbonyl (C=S) groups is 1. The van der Waals surface area contributed by atoms with Crippen LogP contribution in [0.25, 0.3) is 0 Å². The van der Waals surface area contributed by atoms with Gasteiger partial charge in [-0.2, -0.15) is 0 Å². The second-order valence-corrected chi connectivity index (χ2v) is 6.94. The number of aryl methyl sites for hydroxylation is 1. The SMILES string of the molecule is COCCCN1C(=S)NC(c2ccccn2)C1c1cc(C)n(C)c1C. The highest BCUT2D eigenvalue weighted by Gasteiger charge is 2.40. The molecule has 0 aromatic carbocycles. The van der Waals surface area contributed by atoms with Gasteiger partial charge in [0.15, 0.2) is 5.11 Å². The van der Waals surface area contributed by atoms with Crippen molar-refractivity contribution in [2.75, 3.05) is 20.3 Å². The van der Waals surface area contributed by atoms with Gasteiger partial charge in [-0.05, 0) is 56.2 Å². The number of hydrogen-bond donors (Lipinski definition) is 1. The first-order valence-corrected chi connectivity index (χ1v) is 9.05. The molecule has 134 valence electrons. The van der Waals surface area contributed by atoms with E-state index in [0.717, 1.165) is 30.4 Å². The van der Waals surface area contributed by atoms with Crippen LogP contribution in [0.3, 0.4) is 0 Å². The number of rotatable bonds is 6. The first kappa shape index (κ1) is 17.9. The fraction of sp³-hybridized carbons (Fsp3) is 0.474. The van der Waals surface area contributed by atoms with E-state index in [1.807, 2.05) is 18.3 Å². The Morgan fingerprint density at radius 2 is 2.12 bits per heavy atom. The third-order valence-electron chi connectivity index (χ3n) is 5.08. The molecule has 2 aromatic heterocycles. The summed E-state index contributed by atoms with van der Waals surface area (Å²) in [6.45, 7) is 5.91. The predicted molar refractivity (Wildman–Crippen MR) is 104 cm³/mol. The molecule has 3 rings (SSSR count). The van der Waals surface area contributed by atoms with Crippen LogP contribution >= 0.6 is 12.2 Å². The van der Waals surface area contributed by atoms with Crippen molar-refractivity contribution in [1.29, 1.82) is 0 Å². The van der Waals surface area contributed by atoms with E-state index in [-0.39, 0.29) is 12.1 Å². The number of ether oxygens (including phenoxy) is 1. The summed E-state index contributed by atoms with van der Waals surface area (Å²) in [5.74, 6) is 0. The van der Waals surface area contributed by atoms with E-state index < -0.39 is 0 Å². The van der Waals surface area contributed by atoms with E-state index in [0.29, 0.717) is 0 Å². The third-order valence-corrected chi connectivity index (χ3v) is 5.43. The summed E-state index contributed by atoms with van der Waals surface area (Å²) in [6, 6.07) is 8.50. The Labute approximate surface area is 155 Å². The highest BCUT2D eigenvalue weighted by Crippen LogP contribution is 2.40. The molecule has 0 saturated carbocycles. The first-order valence-electron chi connectivity index (χ1n) is 8.64. The molecule has 3 heterocycles. The third kappa shape index (κ3) is 3.41. The molecule has 0 amide bonds. The normalized spacial score (nSPS) is 20.2. The molecule has 1 fully saturated rings. The highest BCUT2D eigenvalue weighted by molar-refractivity contribution is 7.80. The van der Waals surface area contributed by atoms with Crippen molar-refractivity contribution in [3.63, 3.8) is 0 Å². The molecule has 1 N–H and O–H groups in total. The lowest BCUT2D eigenvalue weighted by Crippen LogP contribution is -2.31. The van der Waals surface area contributed by atoms with Crippen LogP contribution in [-0.2, 0) is 11.8 Å². The molecule has 2 aromatic rings. The van der Waals surface area contributed by atoms with E-state index in [4.69, 9.17) is 17.0 Å². The fourth-order valence-corrected chi connectivity index (χ4v) is 3.88. The molecular formula is C19H26N4OS. The summed E-state index contributed by atoms with van der Waals surface area (Å²) in [5, 5.41) is 4.29. The van der Waals surface area contributed by atoms with Gasteiger partial charge in [-0.1, -0.05) is 6.07 Å². The fourth-order valence-electron chi connectivity index (χ4n) is 3.55. The van der Waals surface area contributed by atoms with Gasteiger partial charge in [-0.15, -0.1) is 0 Å². The van der Waals surface area contributed by atoms with Crippen molar-refractivity contribution in [2.45, 2.75) is 32.4 Å². The van der Waals surface area contributed by atoms with E-state index in [2.05, 4.69) is 52.8 Å². The Morgan fingerprint density at radius 3 is 2.72 bits per heavy atom. The van der Waals surface area contributed by atoms with Gasteiger partial charge in [0, 0.05) is 44.9 Å². The summed E-state index contributed by atoms with van der Waals surface area (Å²) >= 11 is 5.67. The van der Waals surface area contributed by atoms with Crippen molar-refractivity contribution >= 4 is 17.3 Å². The summed E-state index contributed by atoms with van der Waals surface area (Å²) in [5.41, 5.74) is 4.85. The van der Waals surface area contributed by atoms with Crippen LogP contribution < -0.4 is 5.32 Å². The van der Waals surface area contributed by atoms with Gasteiger partial charge in [-0.25, -0.2) is 0 Å². The summed E-state index contributed by atoms with van der Waals surface area (Å²) in [4.78, 5) is 6.87. The lowest BCUT2D eigenvalue weighted by atomic mass is 9.96. The van der Waals surface area contributed by atoms with Gasteiger partial charge >= 0.3 is 0 Å². The summed E-state index contributed by atoms with van der Waals surface area (Å²) in [6.07, 6.45) is 2.78. The number of hydrogen-bond acceptors (Lipinski definition) is 3. The standard InChI is InChI=1S/C19H26N4OS/c1-13-12-15(14(2)22(13)3)18-17(16-8-5-6-9-20-16)21-19(25)23(18)10-7-11-24-4/h5-6,8-9,12,17-18H,7,10-11H2,1-4H3,(H,21,25). The number of nitrogens with zero attached hydrogens (tertiary/aromatic N) is 3. The maximum Gasteiger partial charge on any atom is 0.170 e. The quantitative estimate of drug-likeness (QED) is 0.635. The van der Waals surface area contributed by atoms with Crippen molar-refractivity contribution in [3.05, 3.63) is 53.1 Å². The monoisotopic (exact) mass is 358 g/mol. The molecule has 0 spiro atoms. The zero-order valence-electron chi connectivity index (χ0n) is 15.3. The Kier molecular flexibility index (Phi) is 5.39. The zero-order valence-corrected chi connectivity index (χ0v) is 16.1. The largest absolute Gasteiger partial charge is 0.385 e. The van der Waals surface area contributed by atoms with E-state index in [9.17, 15) is 0 Å². The number of aromatic nitrogens is 2. The minimum Gasteiger partial charge on any atom is -0.385 e. The number of pyridine rings is 1. The van der Waals surface area contributed by atoms with E-state index in [1.165, 1.54) is 17.0 Å². The Bertz CT molecular complexity index is 743. The molecule has 6 heteroatoms. The Balaban J connectivity index is 2.00. The molecule has 2 unspecified atom stereocenters. The van der Waals surface area contributed by atoms with Crippen molar-refractivity contribution in [3.8, 4) is 0 Å². The molecule has 1 aliphatic rings. The van der Waals surface area contributed by atoms with Crippen LogP contribution in [0.2, 0.25) is 0 Å². The van der Waals surface area contributed by atoms with Crippen LogP contribution in [0.15, 0.2) is 30.5 Å². The molecule has 1 saturated heterocycles. The van der Waals surface area contributed by atoms with Crippen molar-refractivity contribution < 1.29 is 4.74 Å². The van der Waals surface area contributed by atoms with Gasteiger partial charge < -0.3 is 19.5 Å². The lowest BCUT2D eigenvalue weighted by molar-refractivity contribution is 0.180. The average molecular weight is 359 g/mol. The topological polar surface area (TPSA) is 42.3 Å². The average Bonchev–Trinajstić information content (AvgIpc) is 3.07. The number of nitrogens with one attached hydrogen (secondary N) is 1. The van der Waals surface area contributed by atoms with Gasteiger partial charge in [0.1, 0.15) is 0 Å². The molecular weight excluding hydrogens is 332 g/mol. The second kappa shape index (κ2) is 7.54. The molecule has 2 atom stereocenters. The lowest BCUT2D eigenvalue weighted by Gasteiger charge is -2.28. The van der Waals surface area contributed by atoms with Crippen LogP contribution in [-0.4, -0.2) is 39.8 Å². The van der Waals surface area contributed by atoms with Crippen molar-refractivity contribution in [2.24, 2.45) is 7.05 Å². The number of methoxy groups -OCH3 is 1. The molecule has 0 aliphatic carbocycles.